The van der Waals surface area contributed by atoms with Crippen molar-refractivity contribution < 1.29 is 14.3 Å². The van der Waals surface area contributed by atoms with Gasteiger partial charge in [-0.15, -0.1) is 11.3 Å². The molecule has 0 fully saturated rings. The third-order valence-corrected chi connectivity index (χ3v) is 5.59. The molecule has 4 aromatic rings. The zero-order chi connectivity index (χ0) is 22.5. The second-order valence-corrected chi connectivity index (χ2v) is 7.85. The van der Waals surface area contributed by atoms with Crippen molar-refractivity contribution in [3.8, 4) is 22.7 Å². The molecule has 7 nitrogen and oxygen atoms in total. The minimum atomic E-state index is -0.493. The number of esters is 1. The normalized spacial score (nSPS) is 12.2. The van der Waals surface area contributed by atoms with Crippen LogP contribution in [-0.4, -0.2) is 34.5 Å². The number of carbonyl (C=O) groups excluding carboxylic acids is 1. The van der Waals surface area contributed by atoms with E-state index in [4.69, 9.17) is 14.6 Å². The zero-order valence-corrected chi connectivity index (χ0v) is 18.4. The van der Waals surface area contributed by atoms with Crippen LogP contribution in [0.3, 0.4) is 0 Å². The van der Waals surface area contributed by atoms with Crippen LogP contribution in [0.2, 0.25) is 0 Å². The van der Waals surface area contributed by atoms with Gasteiger partial charge in [0.1, 0.15) is 16.1 Å². The Morgan fingerprint density at radius 2 is 1.91 bits per heavy atom. The standard InChI is InChI=1S/C24H21N3O4S/c1-3-31-22(28)14-21-25-24(29)20(32-21)13-17-15-27(18-7-5-4-6-8-18)26-23(17)16-9-11-19(30-2)12-10-16/h4-15H,3H2,1-2H3,(H,25,29)/b20-13+,21-14+. The third kappa shape index (κ3) is 4.70. The second kappa shape index (κ2) is 9.49. The van der Waals surface area contributed by atoms with E-state index in [2.05, 4.69) is 4.98 Å². The summed E-state index contributed by atoms with van der Waals surface area (Å²) in [5.74, 6) is 0.253. The summed E-state index contributed by atoms with van der Waals surface area (Å²) in [7, 11) is 1.62. The lowest BCUT2D eigenvalue weighted by Crippen LogP contribution is -2.20. The van der Waals surface area contributed by atoms with Gasteiger partial charge in [-0.05, 0) is 49.4 Å². The van der Waals surface area contributed by atoms with Gasteiger partial charge >= 0.3 is 5.97 Å². The van der Waals surface area contributed by atoms with Gasteiger partial charge in [-0.1, -0.05) is 18.2 Å². The number of carbonyl (C=O) groups is 1. The van der Waals surface area contributed by atoms with Crippen LogP contribution in [0.4, 0.5) is 0 Å². The molecule has 32 heavy (non-hydrogen) atoms. The Labute approximate surface area is 187 Å². The number of rotatable bonds is 6. The zero-order valence-electron chi connectivity index (χ0n) is 17.6. The van der Waals surface area contributed by atoms with Crippen LogP contribution in [0.1, 0.15) is 12.5 Å². The number of hydrogen-bond donors (Lipinski definition) is 1. The van der Waals surface area contributed by atoms with Gasteiger partial charge in [-0.3, -0.25) is 4.79 Å². The fourth-order valence-electron chi connectivity index (χ4n) is 3.14. The van der Waals surface area contributed by atoms with Gasteiger partial charge in [0.15, 0.2) is 0 Å². The summed E-state index contributed by atoms with van der Waals surface area (Å²) in [5.41, 5.74) is 3.00. The molecule has 0 aliphatic carbocycles. The van der Waals surface area contributed by atoms with Crippen LogP contribution < -0.4 is 19.5 Å². The van der Waals surface area contributed by atoms with Crippen molar-refractivity contribution in [2.24, 2.45) is 0 Å². The number of aromatic amines is 1. The first-order valence-corrected chi connectivity index (χ1v) is 10.8. The smallest absolute Gasteiger partial charge is 0.333 e. The molecule has 162 valence electrons. The molecule has 0 aliphatic rings. The molecule has 0 bridgehead atoms. The Balaban J connectivity index is 1.84. The molecule has 0 spiro atoms. The average Bonchev–Trinajstić information content (AvgIpc) is 3.38. The number of thiazole rings is 1. The van der Waals surface area contributed by atoms with Crippen molar-refractivity contribution in [3.05, 3.63) is 85.9 Å². The van der Waals surface area contributed by atoms with Crippen LogP contribution in [0.5, 0.6) is 5.75 Å². The molecule has 0 atom stereocenters. The summed E-state index contributed by atoms with van der Waals surface area (Å²) in [6.07, 6.45) is 4.94. The third-order valence-electron chi connectivity index (χ3n) is 4.63. The van der Waals surface area contributed by atoms with Crippen molar-refractivity contribution in [1.29, 1.82) is 0 Å². The number of hydrogen-bond acceptors (Lipinski definition) is 6. The molecule has 0 saturated carbocycles. The lowest BCUT2D eigenvalue weighted by atomic mass is 10.1. The summed E-state index contributed by atoms with van der Waals surface area (Å²) in [5, 5.41) is 4.77. The molecule has 0 unspecified atom stereocenters. The fraction of sp³-hybridized carbons (Fsp3) is 0.125. The first-order chi connectivity index (χ1) is 15.6. The molecule has 0 aliphatic heterocycles. The van der Waals surface area contributed by atoms with E-state index in [1.54, 1.807) is 24.8 Å². The molecule has 2 heterocycles. The SMILES string of the molecule is CCOC(=O)/C=c1\[nH]c(=O)/c(=C\c2cn(-c3ccccc3)nc2-c2ccc(OC)cc2)s1. The summed E-state index contributed by atoms with van der Waals surface area (Å²) >= 11 is 1.19. The van der Waals surface area contributed by atoms with E-state index in [1.807, 2.05) is 60.8 Å². The lowest BCUT2D eigenvalue weighted by molar-refractivity contribution is -0.135. The van der Waals surface area contributed by atoms with Crippen molar-refractivity contribution in [1.82, 2.24) is 14.8 Å². The highest BCUT2D eigenvalue weighted by molar-refractivity contribution is 7.07. The van der Waals surface area contributed by atoms with Crippen LogP contribution in [0.15, 0.2) is 65.6 Å². The first kappa shape index (κ1) is 21.3. The van der Waals surface area contributed by atoms with Crippen LogP contribution in [0.25, 0.3) is 29.1 Å². The van der Waals surface area contributed by atoms with Crippen molar-refractivity contribution in [2.75, 3.05) is 13.7 Å². The Bertz CT molecular complexity index is 1400. The molecule has 2 aromatic heterocycles. The highest BCUT2D eigenvalue weighted by Gasteiger charge is 2.12. The maximum atomic E-state index is 12.5. The number of ether oxygens (including phenoxy) is 2. The quantitative estimate of drug-likeness (QED) is 0.459. The topological polar surface area (TPSA) is 86.2 Å². The van der Waals surface area contributed by atoms with Crippen molar-refractivity contribution in [2.45, 2.75) is 6.92 Å². The second-order valence-electron chi connectivity index (χ2n) is 6.77. The Kier molecular flexibility index (Phi) is 6.32. The molecule has 2 aromatic carbocycles. The lowest BCUT2D eigenvalue weighted by Gasteiger charge is -2.02. The van der Waals surface area contributed by atoms with Gasteiger partial charge in [0.05, 0.1) is 30.0 Å². The minimum absolute atomic E-state index is 0.272. The van der Waals surface area contributed by atoms with Crippen LogP contribution in [-0.2, 0) is 9.53 Å². The summed E-state index contributed by atoms with van der Waals surface area (Å²) in [6, 6.07) is 17.3. The number of methoxy groups -OCH3 is 1. The summed E-state index contributed by atoms with van der Waals surface area (Å²) in [6.45, 7) is 2.00. The molecule has 0 radical (unpaired) electrons. The first-order valence-electron chi connectivity index (χ1n) is 9.96. The van der Waals surface area contributed by atoms with E-state index in [1.165, 1.54) is 17.4 Å². The molecule has 1 N–H and O–H groups in total. The number of nitrogens with one attached hydrogen (secondary N) is 1. The number of aromatic nitrogens is 3. The van der Waals surface area contributed by atoms with E-state index >= 15 is 0 Å². The van der Waals surface area contributed by atoms with Gasteiger partial charge in [0.2, 0.25) is 0 Å². The summed E-state index contributed by atoms with van der Waals surface area (Å²) in [4.78, 5) is 26.9. The number of H-pyrrole nitrogens is 1. The van der Waals surface area contributed by atoms with Crippen molar-refractivity contribution >= 4 is 29.5 Å². The predicted octanol–water partition coefficient (Wildman–Crippen LogP) is 2.47. The maximum Gasteiger partial charge on any atom is 0.333 e. The summed E-state index contributed by atoms with van der Waals surface area (Å²) < 4.78 is 12.8. The highest BCUT2D eigenvalue weighted by Crippen LogP contribution is 2.26. The molecule has 8 heteroatoms. The van der Waals surface area contributed by atoms with E-state index in [-0.39, 0.29) is 12.2 Å². The van der Waals surface area contributed by atoms with Gasteiger partial charge in [-0.2, -0.15) is 5.10 Å². The maximum absolute atomic E-state index is 12.5. The van der Waals surface area contributed by atoms with Gasteiger partial charge < -0.3 is 14.5 Å². The number of benzene rings is 2. The average molecular weight is 448 g/mol. The Hall–Kier alpha value is -3.91. The fourth-order valence-corrected chi connectivity index (χ4v) is 4.00. The number of nitrogens with zero attached hydrogens (tertiary/aromatic N) is 2. The monoisotopic (exact) mass is 447 g/mol. The predicted molar refractivity (Wildman–Crippen MR) is 124 cm³/mol. The Morgan fingerprint density at radius 1 is 1.16 bits per heavy atom. The van der Waals surface area contributed by atoms with Crippen molar-refractivity contribution in [3.63, 3.8) is 0 Å². The molecule has 4 rings (SSSR count). The Morgan fingerprint density at radius 3 is 2.59 bits per heavy atom. The highest BCUT2D eigenvalue weighted by atomic mass is 32.1. The largest absolute Gasteiger partial charge is 0.497 e. The van der Waals surface area contributed by atoms with Crippen LogP contribution >= 0.6 is 11.3 Å². The van der Waals surface area contributed by atoms with E-state index in [0.717, 1.165) is 28.3 Å². The molecular formula is C24H21N3O4S. The van der Waals surface area contributed by atoms with Crippen LogP contribution in [0, 0.1) is 0 Å². The molecule has 0 saturated heterocycles. The van der Waals surface area contributed by atoms with E-state index in [9.17, 15) is 9.59 Å². The van der Waals surface area contributed by atoms with Gasteiger partial charge in [0.25, 0.3) is 5.56 Å². The molecular weight excluding hydrogens is 426 g/mol. The number of para-hydroxylation sites is 1. The van der Waals surface area contributed by atoms with E-state index < -0.39 is 5.97 Å². The van der Waals surface area contributed by atoms with Gasteiger partial charge in [0, 0.05) is 17.3 Å². The molecule has 0 amide bonds. The van der Waals surface area contributed by atoms with E-state index in [0.29, 0.717) is 9.20 Å². The van der Waals surface area contributed by atoms with Gasteiger partial charge in [-0.25, -0.2) is 9.48 Å². The minimum Gasteiger partial charge on any atom is -0.497 e.